The van der Waals surface area contributed by atoms with Crippen molar-refractivity contribution in [1.82, 2.24) is 4.90 Å². The van der Waals surface area contributed by atoms with Crippen LogP contribution in [0.2, 0.25) is 0 Å². The maximum absolute atomic E-state index is 12.9. The molecule has 0 saturated heterocycles. The Labute approximate surface area is 179 Å². The van der Waals surface area contributed by atoms with E-state index in [1.54, 1.807) is 19.2 Å². The van der Waals surface area contributed by atoms with Gasteiger partial charge in [0.05, 0.1) is 18.0 Å². The predicted octanol–water partition coefficient (Wildman–Crippen LogP) is 3.42. The van der Waals surface area contributed by atoms with Crippen LogP contribution in [-0.4, -0.2) is 48.9 Å². The van der Waals surface area contributed by atoms with Gasteiger partial charge in [-0.3, -0.25) is 4.79 Å². The van der Waals surface area contributed by atoms with E-state index >= 15 is 0 Å². The summed E-state index contributed by atoms with van der Waals surface area (Å²) in [5.41, 5.74) is 1.92. The van der Waals surface area contributed by atoms with E-state index in [-0.39, 0.29) is 38.6 Å². The standard InChI is InChI=1S/C17H19BrF2NO3.Y/c1-11-9-12(24-8-7-23-2)3-4-13(11)15-6-5-14(18)17(22)21(15)10-16(19)20;/h3-4,9,14,16H,5,7-8,10H2,1-2H3;/q-1;. The number of methoxy groups -OCH3 is 1. The fourth-order valence-corrected chi connectivity index (χ4v) is 2.85. The normalized spacial score (nSPS) is 17.4. The third-order valence-electron chi connectivity index (χ3n) is 3.58. The average molecular weight is 492 g/mol. The number of halogens is 3. The van der Waals surface area contributed by atoms with Crippen LogP contribution in [0.5, 0.6) is 5.75 Å². The third-order valence-corrected chi connectivity index (χ3v) is 4.30. The molecule has 1 heterocycles. The molecule has 1 atom stereocenters. The second-order valence-electron chi connectivity index (χ2n) is 5.35. The molecule has 135 valence electrons. The second-order valence-corrected chi connectivity index (χ2v) is 6.46. The molecule has 1 radical (unpaired) electrons. The summed E-state index contributed by atoms with van der Waals surface area (Å²) in [5.74, 6) is 0.290. The van der Waals surface area contributed by atoms with Gasteiger partial charge in [0, 0.05) is 39.8 Å². The summed E-state index contributed by atoms with van der Waals surface area (Å²) in [6.45, 7) is 2.10. The van der Waals surface area contributed by atoms with E-state index in [4.69, 9.17) is 9.47 Å². The monoisotopic (exact) mass is 491 g/mol. The minimum atomic E-state index is -2.61. The Bertz CT molecular complexity index is 628. The zero-order chi connectivity index (χ0) is 17.7. The van der Waals surface area contributed by atoms with Crippen molar-refractivity contribution in [1.29, 1.82) is 0 Å². The number of rotatable bonds is 7. The van der Waals surface area contributed by atoms with Crippen LogP contribution in [0, 0.1) is 13.0 Å². The van der Waals surface area contributed by atoms with Gasteiger partial charge in [-0.2, -0.15) is 0 Å². The molecule has 0 saturated carbocycles. The number of ether oxygens (including phenoxy) is 2. The molecular formula is C17H19BrF2NO3Y-. The number of aryl methyl sites for hydroxylation is 1. The molecule has 1 aliphatic heterocycles. The molecule has 1 aromatic carbocycles. The molecule has 4 nitrogen and oxygen atoms in total. The van der Waals surface area contributed by atoms with Crippen LogP contribution < -0.4 is 4.74 Å². The van der Waals surface area contributed by atoms with Crippen molar-refractivity contribution in [2.24, 2.45) is 0 Å². The number of hydrogen-bond acceptors (Lipinski definition) is 3. The molecular weight excluding hydrogens is 473 g/mol. The van der Waals surface area contributed by atoms with E-state index in [9.17, 15) is 13.6 Å². The number of allylic oxidation sites excluding steroid dienone is 1. The van der Waals surface area contributed by atoms with Gasteiger partial charge in [-0.15, -0.1) is 22.9 Å². The summed E-state index contributed by atoms with van der Waals surface area (Å²) >= 11 is 3.21. The van der Waals surface area contributed by atoms with Crippen LogP contribution >= 0.6 is 15.9 Å². The van der Waals surface area contributed by atoms with Crippen LogP contribution in [0.15, 0.2) is 18.2 Å². The first kappa shape index (κ1) is 22.7. The number of carbonyl (C=O) groups excluding carboxylic acids is 1. The Morgan fingerprint density at radius 1 is 1.40 bits per heavy atom. The maximum Gasteiger partial charge on any atom is 0.256 e. The first-order chi connectivity index (χ1) is 11.4. The zero-order valence-electron chi connectivity index (χ0n) is 14.1. The average Bonchev–Trinajstić information content (AvgIpc) is 2.53. The van der Waals surface area contributed by atoms with Crippen LogP contribution in [0.3, 0.4) is 0 Å². The summed E-state index contributed by atoms with van der Waals surface area (Å²) in [4.78, 5) is 12.8. The SMILES string of the molecule is COCCOc1ccc(C2=[C-]CC(Br)C(=O)N2CC(F)F)c(C)c1.[Y]. The summed E-state index contributed by atoms with van der Waals surface area (Å²) in [7, 11) is 1.59. The Morgan fingerprint density at radius 3 is 2.72 bits per heavy atom. The van der Waals surface area contributed by atoms with Crippen LogP contribution in [0.1, 0.15) is 17.5 Å². The molecule has 0 bridgehead atoms. The van der Waals surface area contributed by atoms with Crippen molar-refractivity contribution in [2.45, 2.75) is 24.6 Å². The van der Waals surface area contributed by atoms with Crippen molar-refractivity contribution in [2.75, 3.05) is 26.9 Å². The number of hydrogen-bond donors (Lipinski definition) is 0. The molecule has 0 fully saturated rings. The Kier molecular flexibility index (Phi) is 9.71. The molecule has 1 amide bonds. The predicted molar refractivity (Wildman–Crippen MR) is 90.2 cm³/mol. The fourth-order valence-electron chi connectivity index (χ4n) is 2.44. The molecule has 0 aromatic heterocycles. The summed E-state index contributed by atoms with van der Waals surface area (Å²) in [6.07, 6.45) is 0.800. The third kappa shape index (κ3) is 6.09. The summed E-state index contributed by atoms with van der Waals surface area (Å²) < 4.78 is 36.2. The van der Waals surface area contributed by atoms with Gasteiger partial charge in [0.1, 0.15) is 12.4 Å². The number of benzene rings is 1. The summed E-state index contributed by atoms with van der Waals surface area (Å²) in [5, 5.41) is 0. The Balaban J connectivity index is 0.00000312. The van der Waals surface area contributed by atoms with E-state index in [1.807, 2.05) is 13.0 Å². The van der Waals surface area contributed by atoms with Gasteiger partial charge in [-0.05, 0) is 12.1 Å². The Morgan fingerprint density at radius 2 is 2.12 bits per heavy atom. The molecule has 1 aliphatic rings. The topological polar surface area (TPSA) is 38.8 Å². The Hall–Kier alpha value is -0.366. The first-order valence-electron chi connectivity index (χ1n) is 7.51. The quantitative estimate of drug-likeness (QED) is 0.333. The number of alkyl halides is 3. The van der Waals surface area contributed by atoms with Gasteiger partial charge in [-0.25, -0.2) is 14.9 Å². The van der Waals surface area contributed by atoms with Crippen molar-refractivity contribution in [3.63, 3.8) is 0 Å². The molecule has 25 heavy (non-hydrogen) atoms. The molecule has 0 aliphatic carbocycles. The largest absolute Gasteiger partial charge is 0.491 e. The number of carbonyl (C=O) groups is 1. The molecule has 8 heteroatoms. The van der Waals surface area contributed by atoms with E-state index in [0.717, 1.165) is 10.5 Å². The zero-order valence-corrected chi connectivity index (χ0v) is 18.5. The summed E-state index contributed by atoms with van der Waals surface area (Å²) in [6, 6.07) is 5.32. The minimum absolute atomic E-state index is 0. The van der Waals surface area contributed by atoms with Gasteiger partial charge in [0.2, 0.25) is 5.91 Å². The first-order valence-corrected chi connectivity index (χ1v) is 8.42. The van der Waals surface area contributed by atoms with E-state index < -0.39 is 17.8 Å². The van der Waals surface area contributed by atoms with Gasteiger partial charge in [0.25, 0.3) is 6.43 Å². The van der Waals surface area contributed by atoms with Crippen molar-refractivity contribution >= 4 is 27.5 Å². The minimum Gasteiger partial charge on any atom is -0.491 e. The van der Waals surface area contributed by atoms with Gasteiger partial charge in [0.15, 0.2) is 0 Å². The van der Waals surface area contributed by atoms with Crippen LogP contribution in [-0.2, 0) is 42.2 Å². The number of nitrogens with zero attached hydrogens (tertiary/aromatic N) is 1. The smallest absolute Gasteiger partial charge is 0.256 e. The second kappa shape index (κ2) is 10.7. The van der Waals surface area contributed by atoms with E-state index in [0.29, 0.717) is 36.6 Å². The van der Waals surface area contributed by atoms with E-state index in [2.05, 4.69) is 22.0 Å². The van der Waals surface area contributed by atoms with Gasteiger partial charge in [-0.1, -0.05) is 29.3 Å². The van der Waals surface area contributed by atoms with Crippen LogP contribution in [0.25, 0.3) is 5.70 Å². The molecule has 2 rings (SSSR count). The molecule has 0 spiro atoms. The van der Waals surface area contributed by atoms with Gasteiger partial charge < -0.3 is 14.4 Å². The van der Waals surface area contributed by atoms with Crippen LogP contribution in [0.4, 0.5) is 8.78 Å². The molecule has 1 unspecified atom stereocenters. The fraction of sp³-hybridized carbons (Fsp3) is 0.471. The molecule has 0 N–H and O–H groups in total. The maximum atomic E-state index is 12.9. The van der Waals surface area contributed by atoms with Crippen molar-refractivity contribution in [3.8, 4) is 5.75 Å². The van der Waals surface area contributed by atoms with Crippen molar-refractivity contribution < 1.29 is 55.8 Å². The number of amides is 1. The van der Waals surface area contributed by atoms with Gasteiger partial charge >= 0.3 is 0 Å². The van der Waals surface area contributed by atoms with E-state index in [1.165, 1.54) is 0 Å². The van der Waals surface area contributed by atoms with Crippen molar-refractivity contribution in [3.05, 3.63) is 35.4 Å². The molecule has 1 aromatic rings.